The first kappa shape index (κ1) is 8.74. The number of carbonyl (C=O) groups is 1. The Balaban J connectivity index is 2.46. The van der Waals surface area contributed by atoms with E-state index in [2.05, 4.69) is 5.32 Å². The summed E-state index contributed by atoms with van der Waals surface area (Å²) in [6.45, 7) is 0. The van der Waals surface area contributed by atoms with Crippen molar-refractivity contribution in [2.45, 2.75) is 12.6 Å². The maximum atomic E-state index is 9.97. The Bertz CT molecular complexity index is 236. The molecule has 1 atom stereocenters. The maximum absolute atomic E-state index is 9.97. The third kappa shape index (κ3) is 2.72. The predicted octanol–water partition coefficient (Wildman–Crippen LogP) is 0.584. The fourth-order valence-electron chi connectivity index (χ4n) is 0.991. The van der Waals surface area contributed by atoms with E-state index in [0.29, 0.717) is 12.8 Å². The van der Waals surface area contributed by atoms with E-state index < -0.39 is 6.17 Å². The van der Waals surface area contributed by atoms with Crippen molar-refractivity contribution in [3.05, 3.63) is 35.9 Å². The van der Waals surface area contributed by atoms with Crippen LogP contribution in [0.15, 0.2) is 30.3 Å². The van der Waals surface area contributed by atoms with Crippen LogP contribution in [-0.4, -0.2) is 12.6 Å². The number of hydrogen-bond donors (Lipinski definition) is 1. The molecule has 1 amide bonds. The summed E-state index contributed by atoms with van der Waals surface area (Å²) in [7, 11) is 0. The van der Waals surface area contributed by atoms with E-state index in [4.69, 9.17) is 5.73 Å². The van der Waals surface area contributed by atoms with Crippen LogP contribution in [0.2, 0.25) is 0 Å². The highest BCUT2D eigenvalue weighted by Gasteiger charge is 2.00. The fraction of sp³-hybridized carbons (Fsp3) is 0.222. The van der Waals surface area contributed by atoms with Crippen LogP contribution in [0.4, 0.5) is 0 Å². The van der Waals surface area contributed by atoms with E-state index in [-0.39, 0.29) is 0 Å². The lowest BCUT2D eigenvalue weighted by Gasteiger charge is -2.08. The van der Waals surface area contributed by atoms with Gasteiger partial charge in [-0.3, -0.25) is 4.79 Å². The molecule has 0 fully saturated rings. The minimum absolute atomic E-state index is 0.537. The summed E-state index contributed by atoms with van der Waals surface area (Å²) < 4.78 is 0. The van der Waals surface area contributed by atoms with Gasteiger partial charge >= 0.3 is 0 Å². The number of hydrogen-bond acceptors (Lipinski definition) is 1. The van der Waals surface area contributed by atoms with Gasteiger partial charge in [0.1, 0.15) is 0 Å². The second-order valence-electron chi connectivity index (χ2n) is 2.53. The minimum Gasteiger partial charge on any atom is -0.342 e. The van der Waals surface area contributed by atoms with Crippen molar-refractivity contribution in [3.63, 3.8) is 0 Å². The molecule has 63 valence electrons. The van der Waals surface area contributed by atoms with Gasteiger partial charge in [-0.1, -0.05) is 30.3 Å². The molecule has 1 radical (unpaired) electrons. The van der Waals surface area contributed by atoms with Crippen molar-refractivity contribution in [2.75, 3.05) is 0 Å². The highest BCUT2D eigenvalue weighted by molar-refractivity contribution is 5.46. The van der Waals surface area contributed by atoms with E-state index in [0.717, 1.165) is 5.56 Å². The van der Waals surface area contributed by atoms with E-state index in [9.17, 15) is 4.79 Å². The third-order valence-corrected chi connectivity index (χ3v) is 1.55. The van der Waals surface area contributed by atoms with Crippen molar-refractivity contribution in [3.8, 4) is 0 Å². The SMILES string of the molecule is [NH][C@H](Cc1ccccc1)NC=O. The van der Waals surface area contributed by atoms with Crippen LogP contribution >= 0.6 is 0 Å². The molecule has 3 nitrogen and oxygen atoms in total. The summed E-state index contributed by atoms with van der Waals surface area (Å²) in [5, 5.41) is 2.38. The normalized spacial score (nSPS) is 12.1. The third-order valence-electron chi connectivity index (χ3n) is 1.55. The largest absolute Gasteiger partial charge is 0.342 e. The Hall–Kier alpha value is -1.35. The Morgan fingerprint density at radius 1 is 1.42 bits per heavy atom. The van der Waals surface area contributed by atoms with Crippen molar-refractivity contribution in [2.24, 2.45) is 0 Å². The number of benzene rings is 1. The Labute approximate surface area is 71.6 Å². The fourth-order valence-corrected chi connectivity index (χ4v) is 0.991. The molecule has 0 aliphatic rings. The lowest BCUT2D eigenvalue weighted by atomic mass is 10.1. The van der Waals surface area contributed by atoms with Crippen LogP contribution in [0.25, 0.3) is 0 Å². The van der Waals surface area contributed by atoms with Gasteiger partial charge in [0.25, 0.3) is 0 Å². The minimum atomic E-state index is -0.537. The van der Waals surface area contributed by atoms with E-state index >= 15 is 0 Å². The van der Waals surface area contributed by atoms with Gasteiger partial charge in [-0.15, -0.1) is 0 Å². The molecular formula is C9H11N2O. The Morgan fingerprint density at radius 3 is 2.67 bits per heavy atom. The van der Waals surface area contributed by atoms with E-state index in [1.807, 2.05) is 30.3 Å². The molecule has 0 unspecified atom stereocenters. The van der Waals surface area contributed by atoms with E-state index in [1.165, 1.54) is 0 Å². The van der Waals surface area contributed by atoms with Crippen LogP contribution in [0, 0.1) is 0 Å². The summed E-state index contributed by atoms with van der Waals surface area (Å²) in [5.41, 5.74) is 8.43. The van der Waals surface area contributed by atoms with Gasteiger partial charge in [-0.05, 0) is 5.56 Å². The standard InChI is InChI=1S/C9H11N2O/c10-9(11-7-12)6-8-4-2-1-3-5-8/h1-5,7,9-10H,6H2,(H,11,12)/t9-/m0/s1. The zero-order valence-electron chi connectivity index (χ0n) is 6.66. The van der Waals surface area contributed by atoms with Gasteiger partial charge in [0.15, 0.2) is 0 Å². The molecule has 2 N–H and O–H groups in total. The Kier molecular flexibility index (Phi) is 3.29. The lowest BCUT2D eigenvalue weighted by molar-refractivity contribution is -0.110. The van der Waals surface area contributed by atoms with Crippen LogP contribution in [0.1, 0.15) is 5.56 Å². The zero-order valence-corrected chi connectivity index (χ0v) is 6.66. The lowest BCUT2D eigenvalue weighted by Crippen LogP contribution is -2.30. The molecule has 3 heteroatoms. The first-order chi connectivity index (χ1) is 5.83. The number of carbonyl (C=O) groups excluding carboxylic acids is 1. The molecule has 1 rings (SSSR count). The maximum Gasteiger partial charge on any atom is 0.208 e. The summed E-state index contributed by atoms with van der Waals surface area (Å²) in [5.74, 6) is 0. The van der Waals surface area contributed by atoms with Gasteiger partial charge in [-0.2, -0.15) is 0 Å². The predicted molar refractivity (Wildman–Crippen MR) is 46.2 cm³/mol. The second kappa shape index (κ2) is 4.51. The Morgan fingerprint density at radius 2 is 2.08 bits per heavy atom. The molecule has 0 spiro atoms. The van der Waals surface area contributed by atoms with Crippen molar-refractivity contribution < 1.29 is 4.79 Å². The van der Waals surface area contributed by atoms with Crippen LogP contribution in [0.5, 0.6) is 0 Å². The molecule has 12 heavy (non-hydrogen) atoms. The van der Waals surface area contributed by atoms with Crippen LogP contribution < -0.4 is 11.1 Å². The molecule has 1 aromatic rings. The molecule has 0 saturated heterocycles. The summed E-state index contributed by atoms with van der Waals surface area (Å²) >= 11 is 0. The number of nitrogens with one attached hydrogen (secondary N) is 2. The smallest absolute Gasteiger partial charge is 0.208 e. The van der Waals surface area contributed by atoms with E-state index in [1.54, 1.807) is 0 Å². The molecule has 0 saturated carbocycles. The number of rotatable bonds is 4. The first-order valence-corrected chi connectivity index (χ1v) is 3.77. The van der Waals surface area contributed by atoms with Gasteiger partial charge < -0.3 is 5.32 Å². The van der Waals surface area contributed by atoms with Gasteiger partial charge in [0.05, 0.1) is 6.17 Å². The van der Waals surface area contributed by atoms with Crippen LogP contribution in [0.3, 0.4) is 0 Å². The molecule has 0 heterocycles. The summed E-state index contributed by atoms with van der Waals surface area (Å²) in [6.07, 6.45) is 0.574. The van der Waals surface area contributed by atoms with Crippen LogP contribution in [-0.2, 0) is 11.2 Å². The monoisotopic (exact) mass is 163 g/mol. The highest BCUT2D eigenvalue weighted by Crippen LogP contribution is 2.00. The average Bonchev–Trinajstić information content (AvgIpc) is 2.06. The zero-order chi connectivity index (χ0) is 8.81. The first-order valence-electron chi connectivity index (χ1n) is 3.77. The average molecular weight is 163 g/mol. The molecule has 1 aromatic carbocycles. The molecule has 0 aromatic heterocycles. The quantitative estimate of drug-likeness (QED) is 0.649. The molecule has 0 aliphatic heterocycles. The molecular weight excluding hydrogens is 152 g/mol. The number of amides is 1. The van der Waals surface area contributed by atoms with Crippen molar-refractivity contribution >= 4 is 6.41 Å². The van der Waals surface area contributed by atoms with Crippen molar-refractivity contribution in [1.29, 1.82) is 0 Å². The molecule has 0 aliphatic carbocycles. The summed E-state index contributed by atoms with van der Waals surface area (Å²) in [6, 6.07) is 9.64. The molecule has 0 bridgehead atoms. The van der Waals surface area contributed by atoms with Gasteiger partial charge in [0.2, 0.25) is 6.41 Å². The van der Waals surface area contributed by atoms with Crippen molar-refractivity contribution in [1.82, 2.24) is 11.1 Å². The topological polar surface area (TPSA) is 52.9 Å². The summed E-state index contributed by atoms with van der Waals surface area (Å²) in [4.78, 5) is 9.97. The van der Waals surface area contributed by atoms with Gasteiger partial charge in [0, 0.05) is 6.42 Å². The second-order valence-corrected chi connectivity index (χ2v) is 2.53. The highest BCUT2D eigenvalue weighted by atomic mass is 16.1. The van der Waals surface area contributed by atoms with Gasteiger partial charge in [-0.25, -0.2) is 5.73 Å².